The van der Waals surface area contributed by atoms with E-state index in [1.54, 1.807) is 0 Å². The minimum Gasteiger partial charge on any atom is -0.385 e. The molecule has 2 aliphatic heterocycles. The second kappa shape index (κ2) is 8.61. The van der Waals surface area contributed by atoms with Gasteiger partial charge < -0.3 is 15.5 Å². The van der Waals surface area contributed by atoms with Gasteiger partial charge in [0.1, 0.15) is 0 Å². The summed E-state index contributed by atoms with van der Waals surface area (Å²) >= 11 is 0. The zero-order chi connectivity index (χ0) is 13.9. The predicted octanol–water partition coefficient (Wildman–Crippen LogP) is 2.71. The maximum absolute atomic E-state index is 12.4. The molecule has 4 nitrogen and oxygen atoms in total. The predicted molar refractivity (Wildman–Crippen MR) is 95.7 cm³/mol. The number of likely N-dealkylation sites (N-methyl/N-ethyl adjacent to an activating group) is 1. The van der Waals surface area contributed by atoms with Gasteiger partial charge >= 0.3 is 0 Å². The van der Waals surface area contributed by atoms with Crippen molar-refractivity contribution in [2.24, 2.45) is 0 Å². The Balaban J connectivity index is 0.00000121. The number of amides is 1. The van der Waals surface area contributed by atoms with Crippen LogP contribution in [0.25, 0.3) is 0 Å². The molecule has 2 heterocycles. The van der Waals surface area contributed by atoms with Crippen molar-refractivity contribution in [1.82, 2.24) is 10.2 Å². The number of nitrogens with zero attached hydrogens (tertiary/aromatic N) is 1. The molecule has 0 radical (unpaired) electrons. The molecule has 0 bridgehead atoms. The van der Waals surface area contributed by atoms with Crippen LogP contribution in [0.15, 0.2) is 18.2 Å². The minimum absolute atomic E-state index is 0. The van der Waals surface area contributed by atoms with Crippen LogP contribution in [0.5, 0.6) is 0 Å². The van der Waals surface area contributed by atoms with Crippen molar-refractivity contribution in [2.75, 3.05) is 32.0 Å². The molecule has 0 aliphatic carbocycles. The molecule has 0 spiro atoms. The molecule has 0 saturated carbocycles. The Morgan fingerprint density at radius 2 is 2.18 bits per heavy atom. The number of carbonyl (C=O) groups excluding carboxylic acids is 1. The first-order chi connectivity index (χ1) is 9.75. The molecule has 1 saturated heterocycles. The van der Waals surface area contributed by atoms with E-state index in [1.165, 1.54) is 18.4 Å². The van der Waals surface area contributed by atoms with Crippen LogP contribution in [-0.4, -0.2) is 43.5 Å². The molecular formula is C16H25Cl2N3O. The fourth-order valence-corrected chi connectivity index (χ4v) is 3.27. The summed E-state index contributed by atoms with van der Waals surface area (Å²) in [6, 6.07) is 6.47. The van der Waals surface area contributed by atoms with E-state index in [1.807, 2.05) is 12.1 Å². The largest absolute Gasteiger partial charge is 0.385 e. The number of fused-ring (bicyclic) bond motifs is 1. The maximum Gasteiger partial charge on any atom is 0.251 e. The van der Waals surface area contributed by atoms with Crippen LogP contribution in [0.2, 0.25) is 0 Å². The summed E-state index contributed by atoms with van der Waals surface area (Å²) in [5, 5.41) is 6.49. The van der Waals surface area contributed by atoms with E-state index in [0.29, 0.717) is 6.04 Å². The van der Waals surface area contributed by atoms with Gasteiger partial charge in [-0.3, -0.25) is 4.79 Å². The van der Waals surface area contributed by atoms with Crippen LogP contribution < -0.4 is 10.6 Å². The fraction of sp³-hybridized carbons (Fsp3) is 0.562. The zero-order valence-electron chi connectivity index (χ0n) is 12.9. The number of halogens is 2. The molecule has 3 rings (SSSR count). The van der Waals surface area contributed by atoms with E-state index in [9.17, 15) is 4.79 Å². The standard InChI is InChI=1S/C16H23N3O.2ClH/c1-19-10-4-5-12(19)11-18-16(20)14-6-2-8-15-13(14)7-3-9-17-15;;/h2,6,8,12,17H,3-5,7,9-11H2,1H3,(H,18,20);2*1H. The van der Waals surface area contributed by atoms with Crippen LogP contribution in [-0.2, 0) is 6.42 Å². The lowest BCUT2D eigenvalue weighted by atomic mass is 9.97. The molecule has 0 aromatic heterocycles. The first-order valence-electron chi connectivity index (χ1n) is 7.60. The highest BCUT2D eigenvalue weighted by atomic mass is 35.5. The van der Waals surface area contributed by atoms with Gasteiger partial charge in [-0.1, -0.05) is 6.07 Å². The highest BCUT2D eigenvalue weighted by molar-refractivity contribution is 5.97. The van der Waals surface area contributed by atoms with Crippen molar-refractivity contribution in [3.63, 3.8) is 0 Å². The first kappa shape index (κ1) is 19.1. The van der Waals surface area contributed by atoms with E-state index in [4.69, 9.17) is 0 Å². The van der Waals surface area contributed by atoms with E-state index >= 15 is 0 Å². The summed E-state index contributed by atoms with van der Waals surface area (Å²) in [4.78, 5) is 14.8. The van der Waals surface area contributed by atoms with Crippen molar-refractivity contribution >= 4 is 36.4 Å². The van der Waals surface area contributed by atoms with Crippen LogP contribution >= 0.6 is 24.8 Å². The second-order valence-electron chi connectivity index (χ2n) is 5.85. The summed E-state index contributed by atoms with van der Waals surface area (Å²) in [6.07, 6.45) is 4.52. The van der Waals surface area contributed by atoms with Crippen molar-refractivity contribution in [1.29, 1.82) is 0 Å². The zero-order valence-corrected chi connectivity index (χ0v) is 14.6. The molecule has 1 aromatic rings. The summed E-state index contributed by atoms with van der Waals surface area (Å²) in [5.41, 5.74) is 3.15. The molecule has 6 heteroatoms. The summed E-state index contributed by atoms with van der Waals surface area (Å²) < 4.78 is 0. The van der Waals surface area contributed by atoms with Gasteiger partial charge in [-0.05, 0) is 57.0 Å². The Morgan fingerprint density at radius 3 is 2.91 bits per heavy atom. The van der Waals surface area contributed by atoms with Gasteiger partial charge in [-0.25, -0.2) is 0 Å². The maximum atomic E-state index is 12.4. The highest BCUT2D eigenvalue weighted by Gasteiger charge is 2.22. The van der Waals surface area contributed by atoms with Gasteiger partial charge in [-0.15, -0.1) is 24.8 Å². The number of carbonyl (C=O) groups is 1. The van der Waals surface area contributed by atoms with Crippen molar-refractivity contribution in [3.8, 4) is 0 Å². The minimum atomic E-state index is 0. The van der Waals surface area contributed by atoms with Gasteiger partial charge in [-0.2, -0.15) is 0 Å². The molecule has 1 atom stereocenters. The molecule has 1 aromatic carbocycles. The average Bonchev–Trinajstić information content (AvgIpc) is 2.89. The summed E-state index contributed by atoms with van der Waals surface area (Å²) in [6.45, 7) is 2.91. The van der Waals surface area contributed by atoms with Gasteiger partial charge in [0.25, 0.3) is 5.91 Å². The number of likely N-dealkylation sites (tertiary alicyclic amines) is 1. The smallest absolute Gasteiger partial charge is 0.251 e. The summed E-state index contributed by atoms with van der Waals surface area (Å²) in [7, 11) is 2.14. The van der Waals surface area contributed by atoms with Crippen molar-refractivity contribution in [2.45, 2.75) is 31.7 Å². The fourth-order valence-electron chi connectivity index (χ4n) is 3.27. The molecule has 2 N–H and O–H groups in total. The normalized spacial score (nSPS) is 20.1. The van der Waals surface area contributed by atoms with Crippen molar-refractivity contribution < 1.29 is 4.79 Å². The lowest BCUT2D eigenvalue weighted by molar-refractivity contribution is 0.0942. The quantitative estimate of drug-likeness (QED) is 0.885. The Kier molecular flexibility index (Phi) is 7.46. The highest BCUT2D eigenvalue weighted by Crippen LogP contribution is 2.25. The Morgan fingerprint density at radius 1 is 1.36 bits per heavy atom. The van der Waals surface area contributed by atoms with Gasteiger partial charge in [0.05, 0.1) is 0 Å². The van der Waals surface area contributed by atoms with Crippen LogP contribution in [0.3, 0.4) is 0 Å². The topological polar surface area (TPSA) is 44.4 Å². The number of anilines is 1. The number of nitrogens with one attached hydrogen (secondary N) is 2. The van der Waals surface area contributed by atoms with Gasteiger partial charge in [0, 0.05) is 30.4 Å². The third-order valence-corrected chi connectivity index (χ3v) is 4.51. The van der Waals surface area contributed by atoms with Crippen LogP contribution in [0, 0.1) is 0 Å². The lowest BCUT2D eigenvalue weighted by Gasteiger charge is -2.22. The number of rotatable bonds is 3. The second-order valence-corrected chi connectivity index (χ2v) is 5.85. The molecule has 1 amide bonds. The van der Waals surface area contributed by atoms with Crippen molar-refractivity contribution in [3.05, 3.63) is 29.3 Å². The van der Waals surface area contributed by atoms with Gasteiger partial charge in [0.15, 0.2) is 0 Å². The molecular weight excluding hydrogens is 321 g/mol. The lowest BCUT2D eigenvalue weighted by Crippen LogP contribution is -2.38. The third-order valence-electron chi connectivity index (χ3n) is 4.51. The van der Waals surface area contributed by atoms with Gasteiger partial charge in [0.2, 0.25) is 0 Å². The Labute approximate surface area is 144 Å². The monoisotopic (exact) mass is 345 g/mol. The molecule has 22 heavy (non-hydrogen) atoms. The third kappa shape index (κ3) is 4.06. The van der Waals surface area contributed by atoms with Crippen LogP contribution in [0.4, 0.5) is 5.69 Å². The average molecular weight is 346 g/mol. The summed E-state index contributed by atoms with van der Waals surface area (Å²) in [5.74, 6) is 0.0749. The number of hydrogen-bond donors (Lipinski definition) is 2. The van der Waals surface area contributed by atoms with E-state index in [0.717, 1.165) is 43.7 Å². The number of hydrogen-bond acceptors (Lipinski definition) is 3. The van der Waals surface area contributed by atoms with E-state index in [-0.39, 0.29) is 30.7 Å². The van der Waals surface area contributed by atoms with Crippen LogP contribution in [0.1, 0.15) is 35.2 Å². The molecule has 1 fully saturated rings. The molecule has 124 valence electrons. The Bertz CT molecular complexity index is 510. The Hall–Kier alpha value is -0.970. The number of benzene rings is 1. The molecule has 1 unspecified atom stereocenters. The van der Waals surface area contributed by atoms with E-state index < -0.39 is 0 Å². The SMILES string of the molecule is CN1CCCC1CNC(=O)c1cccc2c1CCCN2.Cl.Cl. The van der Waals surface area contributed by atoms with E-state index in [2.05, 4.69) is 28.6 Å². The molecule has 2 aliphatic rings. The first-order valence-corrected chi connectivity index (χ1v) is 7.60.